The van der Waals surface area contributed by atoms with Crippen LogP contribution in [0.2, 0.25) is 0 Å². The van der Waals surface area contributed by atoms with Crippen LogP contribution in [0.15, 0.2) is 194 Å². The van der Waals surface area contributed by atoms with Crippen molar-refractivity contribution in [2.45, 2.75) is 19.3 Å². The molecule has 0 radical (unpaired) electrons. The Labute approximate surface area is 338 Å². The number of rotatable bonds is 4. The van der Waals surface area contributed by atoms with Gasteiger partial charge in [-0.05, 0) is 97.2 Å². The smallest absolute Gasteiger partial charge is 0.172 e. The van der Waals surface area contributed by atoms with Crippen LogP contribution < -0.4 is 15.9 Å². The number of hydrogen-bond donors (Lipinski definition) is 0. The molecule has 0 fully saturated rings. The van der Waals surface area contributed by atoms with Gasteiger partial charge in [0.05, 0.1) is 11.0 Å². The number of fused-ring (bicyclic) bond motifs is 11. The van der Waals surface area contributed by atoms with E-state index in [2.05, 4.69) is 176 Å². The van der Waals surface area contributed by atoms with Gasteiger partial charge in [0.1, 0.15) is 0 Å². The second-order valence-electron chi connectivity index (χ2n) is 16.4. The first kappa shape index (κ1) is 33.4. The first-order chi connectivity index (χ1) is 28.4. The summed E-state index contributed by atoms with van der Waals surface area (Å²) < 4.78 is 17.9. The summed E-state index contributed by atoms with van der Waals surface area (Å²) >= 11 is 0. The average Bonchev–Trinajstić information content (AvgIpc) is 3.84. The van der Waals surface area contributed by atoms with E-state index in [0.29, 0.717) is 0 Å². The van der Waals surface area contributed by atoms with E-state index < -0.39 is 7.14 Å². The monoisotopic (exact) mass is 759 g/mol. The molecule has 12 rings (SSSR count). The third kappa shape index (κ3) is 4.53. The van der Waals surface area contributed by atoms with Crippen molar-refractivity contribution in [1.29, 1.82) is 0 Å². The van der Waals surface area contributed by atoms with Crippen LogP contribution in [0.3, 0.4) is 0 Å². The van der Waals surface area contributed by atoms with Crippen molar-refractivity contribution >= 4 is 55.6 Å². The van der Waals surface area contributed by atoms with Crippen molar-refractivity contribution in [1.82, 2.24) is 4.57 Å². The van der Waals surface area contributed by atoms with Crippen LogP contribution in [0.5, 0.6) is 0 Å². The van der Waals surface area contributed by atoms with Gasteiger partial charge in [0.2, 0.25) is 0 Å². The van der Waals surface area contributed by atoms with E-state index in [1.165, 1.54) is 66.1 Å². The van der Waals surface area contributed by atoms with Crippen molar-refractivity contribution < 1.29 is 4.57 Å². The van der Waals surface area contributed by atoms with E-state index in [1.54, 1.807) is 0 Å². The molecule has 1 aromatic heterocycles. The summed E-state index contributed by atoms with van der Waals surface area (Å²) in [5, 5.41) is 7.61. The highest BCUT2D eigenvalue weighted by Gasteiger charge is 2.42. The maximum atomic E-state index is 15.5. The SMILES string of the molecule is CC1(C)c2cc(-c3ccc(-n4c5ccccc5c5ccc6c(c54)-c4ccccc4P6(=O)c4ccccc4)cc3)ccc2-c2ccc(-c3cccc4ccccc34)cc21. The zero-order valence-electron chi connectivity index (χ0n) is 32.3. The van der Waals surface area contributed by atoms with Gasteiger partial charge >= 0.3 is 0 Å². The van der Waals surface area contributed by atoms with Crippen molar-refractivity contribution in [2.75, 3.05) is 0 Å². The third-order valence-electron chi connectivity index (χ3n) is 13.0. The summed E-state index contributed by atoms with van der Waals surface area (Å²) in [5.74, 6) is 0. The Morgan fingerprint density at radius 1 is 0.448 bits per heavy atom. The van der Waals surface area contributed by atoms with Gasteiger partial charge in [0.25, 0.3) is 0 Å². The molecule has 1 aliphatic heterocycles. The van der Waals surface area contributed by atoms with Crippen LogP contribution >= 0.6 is 7.14 Å². The molecule has 0 saturated carbocycles. The lowest BCUT2D eigenvalue weighted by atomic mass is 9.80. The molecule has 58 heavy (non-hydrogen) atoms. The average molecular weight is 760 g/mol. The lowest BCUT2D eigenvalue weighted by Gasteiger charge is -2.23. The highest BCUT2D eigenvalue weighted by Crippen LogP contribution is 2.55. The Balaban J connectivity index is 0.971. The molecule has 1 aliphatic carbocycles. The lowest BCUT2D eigenvalue weighted by Crippen LogP contribution is -2.20. The molecule has 9 aromatic carbocycles. The Morgan fingerprint density at radius 3 is 1.88 bits per heavy atom. The third-order valence-corrected chi connectivity index (χ3v) is 16.2. The van der Waals surface area contributed by atoms with Crippen LogP contribution in [0.1, 0.15) is 25.0 Å². The molecule has 2 nitrogen and oxygen atoms in total. The highest BCUT2D eigenvalue weighted by molar-refractivity contribution is 7.86. The number of para-hydroxylation sites is 1. The van der Waals surface area contributed by atoms with E-state index in [0.717, 1.165) is 43.8 Å². The minimum Gasteiger partial charge on any atom is -0.309 e. The van der Waals surface area contributed by atoms with Gasteiger partial charge in [-0.3, -0.25) is 0 Å². The normalized spacial score (nSPS) is 16.0. The van der Waals surface area contributed by atoms with Crippen LogP contribution in [0, 0.1) is 0 Å². The molecule has 0 saturated heterocycles. The van der Waals surface area contributed by atoms with Crippen LogP contribution in [-0.2, 0) is 9.98 Å². The minimum absolute atomic E-state index is 0.153. The molecular weight excluding hydrogens is 722 g/mol. The summed E-state index contributed by atoms with van der Waals surface area (Å²) in [4.78, 5) is 0. The fourth-order valence-electron chi connectivity index (χ4n) is 10.2. The maximum absolute atomic E-state index is 15.5. The van der Waals surface area contributed by atoms with Crippen molar-refractivity contribution in [3.63, 3.8) is 0 Å². The second kappa shape index (κ2) is 12.1. The quantitative estimate of drug-likeness (QED) is 0.164. The summed E-state index contributed by atoms with van der Waals surface area (Å²) in [5.41, 5.74) is 15.6. The molecule has 1 unspecified atom stereocenters. The van der Waals surface area contributed by atoms with E-state index in [-0.39, 0.29) is 5.41 Å². The summed E-state index contributed by atoms with van der Waals surface area (Å²) in [6, 6.07) is 69.7. The van der Waals surface area contributed by atoms with E-state index in [4.69, 9.17) is 0 Å². The second-order valence-corrected chi connectivity index (χ2v) is 19.1. The molecule has 0 bridgehead atoms. The van der Waals surface area contributed by atoms with Crippen LogP contribution in [-0.4, -0.2) is 4.57 Å². The minimum atomic E-state index is -3.09. The van der Waals surface area contributed by atoms with Gasteiger partial charge in [-0.25, -0.2) is 0 Å². The number of hydrogen-bond acceptors (Lipinski definition) is 1. The van der Waals surface area contributed by atoms with Crippen molar-refractivity contribution in [3.05, 3.63) is 205 Å². The highest BCUT2D eigenvalue weighted by atomic mass is 31.2. The van der Waals surface area contributed by atoms with E-state index in [9.17, 15) is 0 Å². The molecule has 1 atom stereocenters. The lowest BCUT2D eigenvalue weighted by molar-refractivity contribution is 0.593. The zero-order chi connectivity index (χ0) is 38.8. The van der Waals surface area contributed by atoms with E-state index >= 15 is 4.57 Å². The Bertz CT molecular complexity index is 3380. The van der Waals surface area contributed by atoms with Gasteiger partial charge in [-0.1, -0.05) is 172 Å². The molecule has 0 spiro atoms. The van der Waals surface area contributed by atoms with Gasteiger partial charge in [0, 0.05) is 43.4 Å². The van der Waals surface area contributed by atoms with Gasteiger partial charge < -0.3 is 9.13 Å². The Morgan fingerprint density at radius 2 is 1.07 bits per heavy atom. The fourth-order valence-corrected chi connectivity index (χ4v) is 13.3. The molecule has 10 aromatic rings. The van der Waals surface area contributed by atoms with Gasteiger partial charge in [-0.15, -0.1) is 0 Å². The molecule has 0 N–H and O–H groups in total. The summed E-state index contributed by atoms with van der Waals surface area (Å²) in [7, 11) is -3.09. The standard InChI is InChI=1S/C55H38NOP/c1-55(2)48-33-37(25-29-43(48)44-30-26-38(34-49(44)55)42-20-12-14-36-13-6-7-17-41(36)42)35-23-27-39(28-24-35)56-50-21-10-8-18-45(50)46-31-32-52-53(54(46)56)47-19-9-11-22-51(47)58(52,57)40-15-4-3-5-16-40/h3-34H,1-2H3. The molecular formula is C55H38NOP. The fraction of sp³-hybridized carbons (Fsp3) is 0.0545. The van der Waals surface area contributed by atoms with Crippen LogP contribution in [0.25, 0.3) is 82.8 Å². The Hall–Kier alpha value is -6.73. The maximum Gasteiger partial charge on any atom is 0.172 e. The Kier molecular flexibility index (Phi) is 6.99. The molecule has 2 heterocycles. The molecule has 3 heteroatoms. The van der Waals surface area contributed by atoms with Crippen molar-refractivity contribution in [2.24, 2.45) is 0 Å². The predicted octanol–water partition coefficient (Wildman–Crippen LogP) is 13.2. The van der Waals surface area contributed by atoms with E-state index in [1.807, 2.05) is 36.4 Å². The topological polar surface area (TPSA) is 22.0 Å². The number of benzene rings is 9. The molecule has 2 aliphatic rings. The van der Waals surface area contributed by atoms with Crippen LogP contribution in [0.4, 0.5) is 0 Å². The zero-order valence-corrected chi connectivity index (χ0v) is 33.2. The van der Waals surface area contributed by atoms with Gasteiger partial charge in [-0.2, -0.15) is 0 Å². The molecule has 0 amide bonds. The predicted molar refractivity (Wildman–Crippen MR) is 245 cm³/mol. The first-order valence-corrected chi connectivity index (χ1v) is 21.8. The van der Waals surface area contributed by atoms with Gasteiger partial charge in [0.15, 0.2) is 7.14 Å². The molecule has 274 valence electrons. The number of nitrogens with zero attached hydrogens (tertiary/aromatic N) is 1. The first-order valence-electron chi connectivity index (χ1n) is 20.1. The number of aromatic nitrogens is 1. The summed E-state index contributed by atoms with van der Waals surface area (Å²) in [6.45, 7) is 4.74. The van der Waals surface area contributed by atoms with Crippen molar-refractivity contribution in [3.8, 4) is 50.2 Å². The largest absolute Gasteiger partial charge is 0.309 e. The summed E-state index contributed by atoms with van der Waals surface area (Å²) in [6.07, 6.45) is 0.